The van der Waals surface area contributed by atoms with Crippen LogP contribution in [-0.4, -0.2) is 32.8 Å². The van der Waals surface area contributed by atoms with E-state index in [2.05, 4.69) is 20.4 Å². The van der Waals surface area contributed by atoms with Crippen LogP contribution < -0.4 is 10.1 Å². The Morgan fingerprint density at radius 1 is 1.21 bits per heavy atom. The minimum atomic E-state index is -0.311. The molecule has 24 heavy (non-hydrogen) atoms. The number of hydrogen-bond donors (Lipinski definition) is 1. The number of carbonyl (C=O) groups excluding carboxylic acids is 1. The maximum absolute atomic E-state index is 12.4. The second kappa shape index (κ2) is 6.49. The van der Waals surface area contributed by atoms with E-state index in [0.717, 1.165) is 16.8 Å². The van der Waals surface area contributed by atoms with Gasteiger partial charge < -0.3 is 10.1 Å². The molecule has 0 unspecified atom stereocenters. The molecule has 1 amide bonds. The third kappa shape index (κ3) is 3.40. The first-order valence-electron chi connectivity index (χ1n) is 7.34. The maximum Gasteiger partial charge on any atom is 0.275 e. The minimum absolute atomic E-state index is 0.311. The summed E-state index contributed by atoms with van der Waals surface area (Å²) >= 11 is 0. The monoisotopic (exact) mass is 323 g/mol. The summed E-state index contributed by atoms with van der Waals surface area (Å²) in [7, 11) is 3.37. The molecule has 0 aromatic carbocycles. The lowest BCUT2D eigenvalue weighted by Gasteiger charge is -2.08. The van der Waals surface area contributed by atoms with Gasteiger partial charge in [-0.15, -0.1) is 0 Å². The SMILES string of the molecule is COc1cncc(-c2cc(C)nc(C(=O)Nc3ccn(C)n3)c2)c1. The molecule has 7 nitrogen and oxygen atoms in total. The number of amides is 1. The fourth-order valence-corrected chi connectivity index (χ4v) is 2.30. The number of carbonyl (C=O) groups is 1. The van der Waals surface area contributed by atoms with Gasteiger partial charge in [-0.3, -0.25) is 14.5 Å². The summed E-state index contributed by atoms with van der Waals surface area (Å²) in [6, 6.07) is 7.21. The normalized spacial score (nSPS) is 10.5. The summed E-state index contributed by atoms with van der Waals surface area (Å²) in [5.41, 5.74) is 2.76. The van der Waals surface area contributed by atoms with E-state index in [1.807, 2.05) is 19.1 Å². The van der Waals surface area contributed by atoms with Gasteiger partial charge >= 0.3 is 0 Å². The predicted molar refractivity (Wildman–Crippen MR) is 89.9 cm³/mol. The zero-order valence-electron chi connectivity index (χ0n) is 13.6. The summed E-state index contributed by atoms with van der Waals surface area (Å²) < 4.78 is 6.82. The molecule has 0 saturated carbocycles. The predicted octanol–water partition coefficient (Wildman–Crippen LogP) is 2.45. The zero-order valence-corrected chi connectivity index (χ0v) is 13.6. The molecule has 3 aromatic heterocycles. The van der Waals surface area contributed by atoms with Gasteiger partial charge in [-0.2, -0.15) is 5.10 Å². The fourth-order valence-electron chi connectivity index (χ4n) is 2.30. The van der Waals surface area contributed by atoms with Crippen molar-refractivity contribution in [1.82, 2.24) is 19.7 Å². The van der Waals surface area contributed by atoms with Gasteiger partial charge in [-0.25, -0.2) is 4.98 Å². The highest BCUT2D eigenvalue weighted by molar-refractivity contribution is 6.03. The maximum atomic E-state index is 12.4. The van der Waals surface area contributed by atoms with Crippen LogP contribution in [0.25, 0.3) is 11.1 Å². The standard InChI is InChI=1S/C17H17N5O2/c1-11-6-12(13-7-14(24-3)10-18-9-13)8-15(19-11)17(23)20-16-4-5-22(2)21-16/h4-10H,1-3H3,(H,20,21,23). The number of rotatable bonds is 4. The zero-order chi connectivity index (χ0) is 17.1. The number of aryl methyl sites for hydroxylation is 2. The molecule has 7 heteroatoms. The van der Waals surface area contributed by atoms with Crippen LogP contribution in [0.5, 0.6) is 5.75 Å². The van der Waals surface area contributed by atoms with E-state index in [1.54, 1.807) is 49.6 Å². The Morgan fingerprint density at radius 3 is 2.75 bits per heavy atom. The van der Waals surface area contributed by atoms with E-state index >= 15 is 0 Å². The van der Waals surface area contributed by atoms with Crippen LogP contribution in [-0.2, 0) is 7.05 Å². The van der Waals surface area contributed by atoms with Crippen molar-refractivity contribution in [2.45, 2.75) is 6.92 Å². The van der Waals surface area contributed by atoms with Gasteiger partial charge in [0.15, 0.2) is 5.82 Å². The number of anilines is 1. The molecule has 1 N–H and O–H groups in total. The number of ether oxygens (including phenoxy) is 1. The molecule has 0 fully saturated rings. The first-order chi connectivity index (χ1) is 11.5. The Bertz CT molecular complexity index is 888. The molecule has 0 aliphatic rings. The molecule has 122 valence electrons. The molecule has 0 aliphatic carbocycles. The van der Waals surface area contributed by atoms with Crippen molar-refractivity contribution < 1.29 is 9.53 Å². The first-order valence-corrected chi connectivity index (χ1v) is 7.34. The highest BCUT2D eigenvalue weighted by atomic mass is 16.5. The Hall–Kier alpha value is -3.22. The van der Waals surface area contributed by atoms with E-state index in [4.69, 9.17) is 4.74 Å². The lowest BCUT2D eigenvalue weighted by molar-refractivity contribution is 0.102. The number of aromatic nitrogens is 4. The van der Waals surface area contributed by atoms with Gasteiger partial charge in [0.25, 0.3) is 5.91 Å². The highest BCUT2D eigenvalue weighted by Gasteiger charge is 2.12. The Labute approximate surface area is 139 Å². The van der Waals surface area contributed by atoms with Crippen molar-refractivity contribution in [2.24, 2.45) is 7.05 Å². The van der Waals surface area contributed by atoms with Crippen molar-refractivity contribution >= 4 is 11.7 Å². The first kappa shape index (κ1) is 15.7. The van der Waals surface area contributed by atoms with Crippen molar-refractivity contribution in [3.63, 3.8) is 0 Å². The van der Waals surface area contributed by atoms with Crippen molar-refractivity contribution in [3.8, 4) is 16.9 Å². The number of nitrogens with zero attached hydrogens (tertiary/aromatic N) is 4. The average molecular weight is 323 g/mol. The average Bonchev–Trinajstić information content (AvgIpc) is 2.99. The van der Waals surface area contributed by atoms with Crippen molar-refractivity contribution in [2.75, 3.05) is 12.4 Å². The number of hydrogen-bond acceptors (Lipinski definition) is 5. The number of methoxy groups -OCH3 is 1. The van der Waals surface area contributed by atoms with Crippen LogP contribution in [0.15, 0.2) is 42.9 Å². The molecule has 0 radical (unpaired) electrons. The van der Waals surface area contributed by atoms with Gasteiger partial charge in [-0.1, -0.05) is 0 Å². The van der Waals surface area contributed by atoms with Crippen LogP contribution in [0.4, 0.5) is 5.82 Å². The lowest BCUT2D eigenvalue weighted by Crippen LogP contribution is -2.15. The topological polar surface area (TPSA) is 81.9 Å². The third-order valence-corrected chi connectivity index (χ3v) is 3.42. The molecular formula is C17H17N5O2. The number of nitrogens with one attached hydrogen (secondary N) is 1. The molecular weight excluding hydrogens is 306 g/mol. The van der Waals surface area contributed by atoms with Gasteiger partial charge in [0, 0.05) is 36.8 Å². The lowest BCUT2D eigenvalue weighted by atomic mass is 10.1. The largest absolute Gasteiger partial charge is 0.495 e. The smallest absolute Gasteiger partial charge is 0.275 e. The summed E-state index contributed by atoms with van der Waals surface area (Å²) in [5.74, 6) is 0.825. The minimum Gasteiger partial charge on any atom is -0.495 e. The van der Waals surface area contributed by atoms with Crippen LogP contribution in [0, 0.1) is 6.92 Å². The van der Waals surface area contributed by atoms with E-state index in [9.17, 15) is 4.79 Å². The third-order valence-electron chi connectivity index (χ3n) is 3.42. The van der Waals surface area contributed by atoms with E-state index in [-0.39, 0.29) is 5.91 Å². The Balaban J connectivity index is 1.92. The second-order valence-electron chi connectivity index (χ2n) is 5.32. The quantitative estimate of drug-likeness (QED) is 0.797. The van der Waals surface area contributed by atoms with Gasteiger partial charge in [-0.05, 0) is 30.7 Å². The summed E-state index contributed by atoms with van der Waals surface area (Å²) in [5, 5.41) is 6.87. The highest BCUT2D eigenvalue weighted by Crippen LogP contribution is 2.24. The fraction of sp³-hybridized carbons (Fsp3) is 0.176. The van der Waals surface area contributed by atoms with Crippen LogP contribution in [0.1, 0.15) is 16.2 Å². The van der Waals surface area contributed by atoms with Gasteiger partial charge in [0.1, 0.15) is 11.4 Å². The Kier molecular flexibility index (Phi) is 4.24. The van der Waals surface area contributed by atoms with E-state index in [0.29, 0.717) is 17.3 Å². The molecule has 3 heterocycles. The Morgan fingerprint density at radius 2 is 2.04 bits per heavy atom. The molecule has 0 saturated heterocycles. The van der Waals surface area contributed by atoms with Crippen molar-refractivity contribution in [3.05, 3.63) is 54.2 Å². The van der Waals surface area contributed by atoms with E-state index < -0.39 is 0 Å². The molecule has 3 aromatic rings. The summed E-state index contributed by atoms with van der Waals surface area (Å²) in [4.78, 5) is 20.9. The second-order valence-corrected chi connectivity index (χ2v) is 5.32. The molecule has 3 rings (SSSR count). The van der Waals surface area contributed by atoms with Gasteiger partial charge in [0.05, 0.1) is 13.3 Å². The van der Waals surface area contributed by atoms with Crippen molar-refractivity contribution in [1.29, 1.82) is 0 Å². The molecule has 0 bridgehead atoms. The van der Waals surface area contributed by atoms with Gasteiger partial charge in [0.2, 0.25) is 0 Å². The molecule has 0 aliphatic heterocycles. The van der Waals surface area contributed by atoms with E-state index in [1.165, 1.54) is 0 Å². The van der Waals surface area contributed by atoms with Crippen LogP contribution in [0.3, 0.4) is 0 Å². The summed E-state index contributed by atoms with van der Waals surface area (Å²) in [6.45, 7) is 1.84. The van der Waals surface area contributed by atoms with Crippen LogP contribution in [0.2, 0.25) is 0 Å². The molecule has 0 spiro atoms. The van der Waals surface area contributed by atoms with Crippen LogP contribution >= 0.6 is 0 Å². The molecule has 0 atom stereocenters. The summed E-state index contributed by atoms with van der Waals surface area (Å²) in [6.07, 6.45) is 5.11. The number of pyridine rings is 2.